The van der Waals surface area contributed by atoms with Gasteiger partial charge >= 0.3 is 0 Å². The molecule has 0 saturated heterocycles. The minimum Gasteiger partial charge on any atom is -0.210 e. The molecule has 0 amide bonds. The molecule has 0 unspecified atom stereocenters. The maximum Gasteiger partial charge on any atom is 0.203 e. The third-order valence-corrected chi connectivity index (χ3v) is 4.49. The van der Waals surface area contributed by atoms with Gasteiger partial charge in [0.15, 0.2) is 0 Å². The molecule has 2 rings (SSSR count). The zero-order valence-corrected chi connectivity index (χ0v) is 11.0. The molecule has 0 fully saturated rings. The molecule has 12 heavy (non-hydrogen) atoms. The van der Waals surface area contributed by atoms with Crippen molar-refractivity contribution in [1.82, 2.24) is 9.36 Å². The highest BCUT2D eigenvalue weighted by atomic mass is 127. The lowest BCUT2D eigenvalue weighted by Crippen LogP contribution is -1.73. The molecule has 0 aliphatic carbocycles. The summed E-state index contributed by atoms with van der Waals surface area (Å²) in [6, 6.07) is 2.05. The summed E-state index contributed by atoms with van der Waals surface area (Å²) in [6.45, 7) is 0. The monoisotopic (exact) mass is 372 g/mol. The predicted octanol–water partition coefficient (Wildman–Crippen LogP) is 3.63. The zero-order valence-electron chi connectivity index (χ0n) is 5.62. The number of thiophene rings is 1. The molecule has 0 aliphatic rings. The number of hydrogen-bond donors (Lipinski definition) is 0. The van der Waals surface area contributed by atoms with Crippen LogP contribution in [0.15, 0.2) is 15.2 Å². The highest BCUT2D eigenvalue weighted by molar-refractivity contribution is 14.1. The van der Waals surface area contributed by atoms with Crippen LogP contribution < -0.4 is 0 Å². The van der Waals surface area contributed by atoms with Gasteiger partial charge in [-0.05, 0) is 38.9 Å². The quantitative estimate of drug-likeness (QED) is 0.714. The summed E-state index contributed by atoms with van der Waals surface area (Å²) in [5.74, 6) is 0. The molecule has 6 heteroatoms. The zero-order chi connectivity index (χ0) is 8.55. The van der Waals surface area contributed by atoms with Gasteiger partial charge in [-0.15, -0.1) is 11.3 Å². The standard InChI is InChI=1S/C6H2BrIN2S2/c7-4-3(1-2-11-4)5-9-6(8)10-12-5/h1-2H. The van der Waals surface area contributed by atoms with E-state index < -0.39 is 0 Å². The van der Waals surface area contributed by atoms with Crippen LogP contribution in [0.3, 0.4) is 0 Å². The van der Waals surface area contributed by atoms with Crippen LogP contribution in [-0.4, -0.2) is 9.36 Å². The van der Waals surface area contributed by atoms with Gasteiger partial charge in [-0.3, -0.25) is 0 Å². The Morgan fingerprint density at radius 1 is 1.50 bits per heavy atom. The first-order valence-corrected chi connectivity index (χ1v) is 6.52. The Morgan fingerprint density at radius 3 is 2.83 bits per heavy atom. The highest BCUT2D eigenvalue weighted by Gasteiger charge is 2.08. The molecule has 2 aromatic rings. The average Bonchev–Trinajstić information content (AvgIpc) is 2.58. The van der Waals surface area contributed by atoms with E-state index in [4.69, 9.17) is 0 Å². The van der Waals surface area contributed by atoms with Crippen LogP contribution in [-0.2, 0) is 0 Å². The topological polar surface area (TPSA) is 25.8 Å². The van der Waals surface area contributed by atoms with E-state index in [9.17, 15) is 0 Å². The van der Waals surface area contributed by atoms with Gasteiger partial charge in [-0.1, -0.05) is 0 Å². The minimum absolute atomic E-state index is 0.811. The van der Waals surface area contributed by atoms with Crippen LogP contribution >= 0.6 is 61.4 Å². The van der Waals surface area contributed by atoms with Crippen molar-refractivity contribution in [3.63, 3.8) is 0 Å². The summed E-state index contributed by atoms with van der Waals surface area (Å²) in [5.41, 5.74) is 1.14. The first-order valence-electron chi connectivity index (χ1n) is 3.00. The molecule has 0 radical (unpaired) electrons. The third kappa shape index (κ3) is 1.70. The van der Waals surface area contributed by atoms with Crippen molar-refractivity contribution in [2.24, 2.45) is 0 Å². The summed E-state index contributed by atoms with van der Waals surface area (Å²) >= 11 is 8.67. The van der Waals surface area contributed by atoms with Crippen molar-refractivity contribution < 1.29 is 0 Å². The lowest BCUT2D eigenvalue weighted by Gasteiger charge is -1.87. The summed E-state index contributed by atoms with van der Waals surface area (Å²) in [4.78, 5) is 4.28. The maximum absolute atomic E-state index is 4.28. The van der Waals surface area contributed by atoms with Crippen molar-refractivity contribution >= 4 is 61.4 Å². The van der Waals surface area contributed by atoms with Crippen LogP contribution in [0.4, 0.5) is 0 Å². The fourth-order valence-corrected chi connectivity index (χ4v) is 3.51. The van der Waals surface area contributed by atoms with E-state index in [0.717, 1.165) is 18.2 Å². The number of nitrogens with zero attached hydrogens (tertiary/aromatic N) is 2. The second-order valence-electron chi connectivity index (χ2n) is 1.98. The lowest BCUT2D eigenvalue weighted by atomic mass is 10.4. The SMILES string of the molecule is Brc1sccc1-c1nc(I)ns1. The largest absolute Gasteiger partial charge is 0.210 e. The van der Waals surface area contributed by atoms with Gasteiger partial charge in [0.25, 0.3) is 0 Å². The van der Waals surface area contributed by atoms with Gasteiger partial charge in [0.1, 0.15) is 5.01 Å². The summed E-state index contributed by atoms with van der Waals surface area (Å²) in [5, 5.41) is 3.01. The Balaban J connectivity index is 2.50. The smallest absolute Gasteiger partial charge is 0.203 e. The molecule has 2 heterocycles. The van der Waals surface area contributed by atoms with E-state index in [1.165, 1.54) is 11.5 Å². The molecule has 62 valence electrons. The predicted molar refractivity (Wildman–Crippen MR) is 63.6 cm³/mol. The van der Waals surface area contributed by atoms with Gasteiger partial charge in [0.05, 0.1) is 3.79 Å². The second-order valence-corrected chi connectivity index (χ2v) is 5.93. The van der Waals surface area contributed by atoms with Gasteiger partial charge in [-0.2, -0.15) is 4.37 Å². The Hall–Kier alpha value is 0.470. The molecule has 0 aliphatic heterocycles. The van der Waals surface area contributed by atoms with Crippen LogP contribution in [0.5, 0.6) is 0 Å². The lowest BCUT2D eigenvalue weighted by molar-refractivity contribution is 1.25. The molecule has 0 N–H and O–H groups in total. The summed E-state index contributed by atoms with van der Waals surface area (Å²) in [7, 11) is 0. The molecule has 0 atom stereocenters. The van der Waals surface area contributed by atoms with E-state index in [1.807, 2.05) is 11.4 Å². The third-order valence-electron chi connectivity index (χ3n) is 1.25. The molecular weight excluding hydrogens is 371 g/mol. The number of hydrogen-bond acceptors (Lipinski definition) is 4. The molecule has 0 aromatic carbocycles. The van der Waals surface area contributed by atoms with Crippen molar-refractivity contribution in [2.45, 2.75) is 0 Å². The fraction of sp³-hybridized carbons (Fsp3) is 0. The van der Waals surface area contributed by atoms with Crippen LogP contribution in [0, 0.1) is 3.83 Å². The molecule has 0 saturated carbocycles. The van der Waals surface area contributed by atoms with Gasteiger partial charge in [0.2, 0.25) is 3.83 Å². The van der Waals surface area contributed by atoms with Crippen molar-refractivity contribution in [3.8, 4) is 10.6 Å². The van der Waals surface area contributed by atoms with E-state index in [1.54, 1.807) is 11.3 Å². The maximum atomic E-state index is 4.28. The van der Waals surface area contributed by atoms with Crippen molar-refractivity contribution in [2.75, 3.05) is 0 Å². The van der Waals surface area contributed by atoms with Crippen LogP contribution in [0.25, 0.3) is 10.6 Å². The Morgan fingerprint density at radius 2 is 2.33 bits per heavy atom. The first kappa shape index (κ1) is 9.04. The first-order chi connectivity index (χ1) is 5.77. The van der Waals surface area contributed by atoms with Crippen molar-refractivity contribution in [1.29, 1.82) is 0 Å². The van der Waals surface area contributed by atoms with E-state index >= 15 is 0 Å². The summed E-state index contributed by atoms with van der Waals surface area (Å²) in [6.07, 6.45) is 0. The Bertz CT molecular complexity index is 398. The molecule has 2 aromatic heterocycles. The number of aromatic nitrogens is 2. The average molecular weight is 373 g/mol. The minimum atomic E-state index is 0.811. The summed E-state index contributed by atoms with van der Waals surface area (Å²) < 4.78 is 6.05. The van der Waals surface area contributed by atoms with Crippen LogP contribution in [0.1, 0.15) is 0 Å². The van der Waals surface area contributed by atoms with E-state index in [-0.39, 0.29) is 0 Å². The molecule has 0 bridgehead atoms. The van der Waals surface area contributed by atoms with Gasteiger partial charge < -0.3 is 0 Å². The number of rotatable bonds is 1. The van der Waals surface area contributed by atoms with E-state index in [2.05, 4.69) is 47.9 Å². The molecule has 2 nitrogen and oxygen atoms in total. The van der Waals surface area contributed by atoms with Crippen molar-refractivity contribution in [3.05, 3.63) is 19.1 Å². The van der Waals surface area contributed by atoms with Gasteiger partial charge in [-0.25, -0.2) is 4.98 Å². The normalized spacial score (nSPS) is 10.5. The highest BCUT2D eigenvalue weighted by Crippen LogP contribution is 2.33. The molecular formula is C6H2BrIN2S2. The molecule has 0 spiro atoms. The van der Waals surface area contributed by atoms with Crippen LogP contribution in [0.2, 0.25) is 0 Å². The fourth-order valence-electron chi connectivity index (χ4n) is 0.761. The Labute approximate surface area is 99.5 Å². The Kier molecular flexibility index (Phi) is 2.78. The second kappa shape index (κ2) is 3.69. The number of halogens is 2. The van der Waals surface area contributed by atoms with Gasteiger partial charge in [0, 0.05) is 28.2 Å². The van der Waals surface area contributed by atoms with E-state index in [0.29, 0.717) is 0 Å².